The Morgan fingerprint density at radius 2 is 1.69 bits per heavy atom. The molecule has 0 bridgehead atoms. The van der Waals surface area contributed by atoms with Gasteiger partial charge in [0.1, 0.15) is 0 Å². The first kappa shape index (κ1) is 25.0. The molecule has 0 heterocycles. The van der Waals surface area contributed by atoms with Crippen LogP contribution in [-0.4, -0.2) is 0 Å². The van der Waals surface area contributed by atoms with Crippen LogP contribution in [0.25, 0.3) is 0 Å². The predicted molar refractivity (Wildman–Crippen MR) is 73.6 cm³/mol. The van der Waals surface area contributed by atoms with Crippen molar-refractivity contribution in [3.8, 4) is 0 Å². The van der Waals surface area contributed by atoms with E-state index in [4.69, 9.17) is 0 Å². The fourth-order valence-corrected chi connectivity index (χ4v) is 0.645. The summed E-state index contributed by atoms with van der Waals surface area (Å²) in [4.78, 5) is 0. The summed E-state index contributed by atoms with van der Waals surface area (Å²) in [6, 6.07) is 0. The molecule has 0 aliphatic carbocycles. The molecule has 0 aliphatic rings. The van der Waals surface area contributed by atoms with E-state index < -0.39 is 0 Å². The van der Waals surface area contributed by atoms with Gasteiger partial charge in [-0.3, -0.25) is 0 Å². The predicted octanol–water partition coefficient (Wildman–Crippen LogP) is 5.31. The molecule has 0 saturated heterocycles. The van der Waals surface area contributed by atoms with Gasteiger partial charge in [-0.15, -0.1) is 25.7 Å². The second kappa shape index (κ2) is 29.4. The summed E-state index contributed by atoms with van der Waals surface area (Å²) in [5.41, 5.74) is 1.04. The molecule has 0 nitrogen and oxygen atoms in total. The van der Waals surface area contributed by atoms with Gasteiger partial charge in [-0.05, 0) is 0 Å². The minimum absolute atomic E-state index is 0. The fourth-order valence-electron chi connectivity index (χ4n) is 0.645. The Labute approximate surface area is 128 Å². The summed E-state index contributed by atoms with van der Waals surface area (Å²) >= 11 is 0. The third-order valence-corrected chi connectivity index (χ3v) is 1.08. The summed E-state index contributed by atoms with van der Waals surface area (Å²) in [6.07, 6.45) is 14.6. The normalized spacial score (nSPS) is 9.50. The summed E-state index contributed by atoms with van der Waals surface area (Å²) < 4.78 is 0. The maximum Gasteiger partial charge on any atom is 0 e. The van der Waals surface area contributed by atoms with Gasteiger partial charge in [0.2, 0.25) is 0 Å². The molecular weight excluding hydrogens is 269 g/mol. The molecule has 0 spiro atoms. The molecule has 0 N–H and O–H groups in total. The minimum atomic E-state index is 0. The van der Waals surface area contributed by atoms with Crippen LogP contribution in [0, 0.1) is 12.5 Å². The average molecular weight is 295 g/mol. The van der Waals surface area contributed by atoms with Gasteiger partial charge in [-0.25, -0.2) is 24.1 Å². The van der Waals surface area contributed by atoms with Crippen molar-refractivity contribution in [3.63, 3.8) is 0 Å². The molecule has 1 heteroatoms. The van der Waals surface area contributed by atoms with E-state index >= 15 is 0 Å². The van der Waals surface area contributed by atoms with Crippen molar-refractivity contribution >= 4 is 0 Å². The molecule has 0 aromatic carbocycles. The molecule has 0 saturated carbocycles. The summed E-state index contributed by atoms with van der Waals surface area (Å²) in [5.74, 6) is 0. The van der Waals surface area contributed by atoms with E-state index in [0.717, 1.165) is 5.57 Å². The van der Waals surface area contributed by atoms with Gasteiger partial charge in [-0.1, -0.05) is 34.6 Å². The van der Waals surface area contributed by atoms with Crippen molar-refractivity contribution in [2.75, 3.05) is 0 Å². The zero-order valence-corrected chi connectivity index (χ0v) is 14.6. The molecule has 0 fully saturated rings. The zero-order valence-electron chi connectivity index (χ0n) is 11.7. The van der Waals surface area contributed by atoms with E-state index in [9.17, 15) is 0 Å². The van der Waals surface area contributed by atoms with Crippen LogP contribution in [0.1, 0.15) is 41.5 Å². The quantitative estimate of drug-likeness (QED) is 0.487. The van der Waals surface area contributed by atoms with E-state index in [2.05, 4.69) is 12.7 Å². The van der Waals surface area contributed by atoms with E-state index in [1.807, 2.05) is 72.3 Å². The Morgan fingerprint density at radius 3 is 2.00 bits per heavy atom. The standard InChI is InChI=1S/C11H14.2C2H6.Y/c1-4-7-10-11(8-5-2)9-6-3;2*1-2;/h4-8,10H,2H2,1,3H3;2*1-2H3;/q-2;;;/b10-7-,11-8+;;;. The SMILES string of the molecule is C=C/C=C([C-]=CC)/C=C\[CH-]C.CC.CC.[Y]. The number of allylic oxidation sites excluding steroid dienone is 7. The Bertz CT molecular complexity index is 186. The van der Waals surface area contributed by atoms with E-state index in [0.29, 0.717) is 0 Å². The molecule has 0 unspecified atom stereocenters. The van der Waals surface area contributed by atoms with Crippen LogP contribution in [0.2, 0.25) is 0 Å². The van der Waals surface area contributed by atoms with Gasteiger partial charge in [-0.2, -0.15) is 12.2 Å². The molecule has 0 aromatic rings. The van der Waals surface area contributed by atoms with Crippen LogP contribution in [0.5, 0.6) is 0 Å². The number of hydrogen-bond acceptors (Lipinski definition) is 0. The van der Waals surface area contributed by atoms with Crippen molar-refractivity contribution in [1.29, 1.82) is 0 Å². The van der Waals surface area contributed by atoms with E-state index in [1.54, 1.807) is 6.08 Å². The second-order valence-corrected chi connectivity index (χ2v) is 1.98. The number of rotatable bonds is 4. The third-order valence-electron chi connectivity index (χ3n) is 1.08. The largest absolute Gasteiger partial charge is 0.233 e. The fraction of sp³-hybridized carbons (Fsp3) is 0.400. The zero-order chi connectivity index (χ0) is 12.5. The van der Waals surface area contributed by atoms with E-state index in [1.165, 1.54) is 0 Å². The maximum atomic E-state index is 3.62. The van der Waals surface area contributed by atoms with Gasteiger partial charge in [0.15, 0.2) is 0 Å². The van der Waals surface area contributed by atoms with Crippen LogP contribution in [0.4, 0.5) is 0 Å². The van der Waals surface area contributed by atoms with Crippen molar-refractivity contribution in [3.05, 3.63) is 55.0 Å². The van der Waals surface area contributed by atoms with Gasteiger partial charge in [0, 0.05) is 32.7 Å². The molecule has 0 atom stereocenters. The molecular formula is C15H26Y-2. The van der Waals surface area contributed by atoms with Crippen molar-refractivity contribution in [2.24, 2.45) is 0 Å². The molecule has 1 radical (unpaired) electrons. The van der Waals surface area contributed by atoms with Crippen LogP contribution < -0.4 is 0 Å². The van der Waals surface area contributed by atoms with Gasteiger partial charge in [0.05, 0.1) is 0 Å². The molecule has 91 valence electrons. The Balaban J connectivity index is -0.000000129. The van der Waals surface area contributed by atoms with Crippen LogP contribution in [0.15, 0.2) is 42.5 Å². The monoisotopic (exact) mass is 295 g/mol. The summed E-state index contributed by atoms with van der Waals surface area (Å²) in [6.45, 7) is 15.5. The van der Waals surface area contributed by atoms with Crippen molar-refractivity contribution in [1.82, 2.24) is 0 Å². The van der Waals surface area contributed by atoms with Crippen LogP contribution in [-0.2, 0) is 32.7 Å². The Hall–Kier alpha value is -0.0661. The van der Waals surface area contributed by atoms with Crippen LogP contribution in [0.3, 0.4) is 0 Å². The van der Waals surface area contributed by atoms with Gasteiger partial charge < -0.3 is 0 Å². The molecule has 0 aromatic heterocycles. The first-order chi connectivity index (χ1) is 7.35. The number of hydrogen-bond donors (Lipinski definition) is 0. The van der Waals surface area contributed by atoms with Gasteiger partial charge in [0.25, 0.3) is 0 Å². The average Bonchev–Trinajstić information content (AvgIpc) is 2.32. The first-order valence-corrected chi connectivity index (χ1v) is 5.68. The van der Waals surface area contributed by atoms with Crippen LogP contribution >= 0.6 is 0 Å². The van der Waals surface area contributed by atoms with E-state index in [-0.39, 0.29) is 32.7 Å². The Kier molecular flexibility index (Phi) is 45.8. The van der Waals surface area contributed by atoms with Crippen molar-refractivity contribution < 1.29 is 32.7 Å². The third kappa shape index (κ3) is 23.6. The molecule has 0 rings (SSSR count). The topological polar surface area (TPSA) is 0 Å². The maximum absolute atomic E-state index is 3.62. The summed E-state index contributed by atoms with van der Waals surface area (Å²) in [5, 5.41) is 0. The summed E-state index contributed by atoms with van der Waals surface area (Å²) in [7, 11) is 0. The second-order valence-electron chi connectivity index (χ2n) is 1.98. The first-order valence-electron chi connectivity index (χ1n) is 5.68. The molecule has 0 amide bonds. The molecule has 16 heavy (non-hydrogen) atoms. The van der Waals surface area contributed by atoms with Gasteiger partial charge >= 0.3 is 0 Å². The molecule has 0 aliphatic heterocycles. The minimum Gasteiger partial charge on any atom is -0.233 e. The Morgan fingerprint density at radius 1 is 1.19 bits per heavy atom. The smallest absolute Gasteiger partial charge is 0 e. The van der Waals surface area contributed by atoms with Crippen molar-refractivity contribution in [2.45, 2.75) is 41.5 Å².